The number of carboxylic acid groups (broad SMARTS) is 1. The molecule has 1 atom stereocenters. The molecule has 23 heavy (non-hydrogen) atoms. The van der Waals surface area contributed by atoms with E-state index < -0.39 is 5.97 Å². The van der Waals surface area contributed by atoms with Crippen LogP contribution in [0.4, 0.5) is 0 Å². The Morgan fingerprint density at radius 2 is 2.35 bits per heavy atom. The first-order valence-corrected chi connectivity index (χ1v) is 8.05. The van der Waals surface area contributed by atoms with E-state index in [4.69, 9.17) is 16.7 Å². The predicted octanol–water partition coefficient (Wildman–Crippen LogP) is 2.53. The Hall–Kier alpha value is -1.69. The van der Waals surface area contributed by atoms with Gasteiger partial charge in [-0.15, -0.1) is 0 Å². The molecule has 0 unspecified atom stereocenters. The van der Waals surface area contributed by atoms with Gasteiger partial charge in [-0.2, -0.15) is 0 Å². The zero-order chi connectivity index (χ0) is 16.4. The molecule has 1 fully saturated rings. The number of likely N-dealkylation sites (tertiary alicyclic amines) is 1. The molecule has 2 N–H and O–H groups in total. The molecule has 2 aromatic rings. The van der Waals surface area contributed by atoms with E-state index in [-0.39, 0.29) is 12.1 Å². The summed E-state index contributed by atoms with van der Waals surface area (Å²) in [6.45, 7) is 4.56. The summed E-state index contributed by atoms with van der Waals surface area (Å²) in [5, 5.41) is 13.7. The predicted molar refractivity (Wildman–Crippen MR) is 90.7 cm³/mol. The number of nitrogens with zero attached hydrogens (tertiary/aromatic N) is 2. The smallest absolute Gasteiger partial charge is 0.317 e. The number of carbonyl (C=O) groups is 1. The molecule has 0 bridgehead atoms. The van der Waals surface area contributed by atoms with Gasteiger partial charge in [0.25, 0.3) is 0 Å². The number of nitrogens with one attached hydrogen (secondary N) is 1. The molecule has 0 radical (unpaired) electrons. The van der Waals surface area contributed by atoms with Crippen molar-refractivity contribution < 1.29 is 9.90 Å². The lowest BCUT2D eigenvalue weighted by Crippen LogP contribution is -2.46. The van der Waals surface area contributed by atoms with Crippen molar-refractivity contribution >= 4 is 28.5 Å². The molecule has 0 aliphatic carbocycles. The Balaban J connectivity index is 1.75. The normalized spacial score (nSPS) is 21.8. The van der Waals surface area contributed by atoms with Crippen LogP contribution in [0.25, 0.3) is 10.9 Å². The zero-order valence-corrected chi connectivity index (χ0v) is 13.8. The van der Waals surface area contributed by atoms with Crippen LogP contribution < -0.4 is 5.32 Å². The van der Waals surface area contributed by atoms with Crippen molar-refractivity contribution in [1.82, 2.24) is 15.2 Å². The Morgan fingerprint density at radius 3 is 3.13 bits per heavy atom. The zero-order valence-electron chi connectivity index (χ0n) is 13.1. The quantitative estimate of drug-likeness (QED) is 0.880. The molecule has 1 aliphatic rings. The van der Waals surface area contributed by atoms with Gasteiger partial charge in [-0.25, -0.2) is 0 Å². The molecule has 2 heterocycles. The Morgan fingerprint density at radius 1 is 1.52 bits per heavy atom. The highest BCUT2D eigenvalue weighted by atomic mass is 35.5. The summed E-state index contributed by atoms with van der Waals surface area (Å²) in [5.74, 6) is -0.824. The van der Waals surface area contributed by atoms with E-state index in [2.05, 4.69) is 22.1 Å². The first kappa shape index (κ1) is 16.2. The monoisotopic (exact) mass is 333 g/mol. The lowest BCUT2D eigenvalue weighted by Gasteiger charge is -2.25. The van der Waals surface area contributed by atoms with Crippen LogP contribution in [-0.4, -0.2) is 46.1 Å². The Labute approximate surface area is 140 Å². The number of halogens is 1. The summed E-state index contributed by atoms with van der Waals surface area (Å²) in [6, 6.07) is 7.82. The fraction of sp³-hybridized carbons (Fsp3) is 0.412. The molecule has 0 spiro atoms. The first-order chi connectivity index (χ1) is 11.0. The van der Waals surface area contributed by atoms with Crippen LogP contribution in [-0.2, 0) is 11.3 Å². The molecule has 1 saturated heterocycles. The second-order valence-corrected chi connectivity index (χ2v) is 6.85. The van der Waals surface area contributed by atoms with Crippen molar-refractivity contribution in [3.8, 4) is 0 Å². The number of pyridine rings is 1. The minimum atomic E-state index is -0.824. The van der Waals surface area contributed by atoms with Crippen LogP contribution in [0.3, 0.4) is 0 Å². The van der Waals surface area contributed by atoms with Crippen LogP contribution in [0.15, 0.2) is 30.5 Å². The third-order valence-corrected chi connectivity index (χ3v) is 4.58. The van der Waals surface area contributed by atoms with E-state index in [0.29, 0.717) is 5.02 Å². The van der Waals surface area contributed by atoms with E-state index in [1.807, 2.05) is 24.3 Å². The summed E-state index contributed by atoms with van der Waals surface area (Å²) >= 11 is 6.23. The molecule has 0 amide bonds. The first-order valence-electron chi connectivity index (χ1n) is 7.68. The topological polar surface area (TPSA) is 65.5 Å². The van der Waals surface area contributed by atoms with E-state index in [1.54, 1.807) is 6.20 Å². The van der Waals surface area contributed by atoms with E-state index in [1.165, 1.54) is 0 Å². The van der Waals surface area contributed by atoms with E-state index in [9.17, 15) is 4.79 Å². The Bertz CT molecular complexity index is 737. The average Bonchev–Trinajstić information content (AvgIpc) is 2.87. The van der Waals surface area contributed by atoms with Crippen molar-refractivity contribution in [2.24, 2.45) is 0 Å². The summed E-state index contributed by atoms with van der Waals surface area (Å²) in [7, 11) is 0. The van der Waals surface area contributed by atoms with Crippen LogP contribution in [0, 0.1) is 0 Å². The molecule has 1 aromatic heterocycles. The molecule has 3 rings (SSSR count). The number of carboxylic acids is 1. The van der Waals surface area contributed by atoms with Crippen molar-refractivity contribution in [3.05, 3.63) is 41.0 Å². The largest absolute Gasteiger partial charge is 0.480 e. The van der Waals surface area contributed by atoms with Gasteiger partial charge in [0.15, 0.2) is 0 Å². The second-order valence-electron chi connectivity index (χ2n) is 6.41. The SMILES string of the molecule is C[C@]1(NCC(=O)O)CCN(Cc2cc(Cl)cc3cccnc23)C1. The van der Waals surface area contributed by atoms with E-state index in [0.717, 1.165) is 42.5 Å². The second kappa shape index (κ2) is 6.43. The van der Waals surface area contributed by atoms with Crippen LogP contribution in [0.5, 0.6) is 0 Å². The van der Waals surface area contributed by atoms with Gasteiger partial charge in [0.05, 0.1) is 12.1 Å². The number of hydrogen-bond acceptors (Lipinski definition) is 4. The van der Waals surface area contributed by atoms with Gasteiger partial charge in [0, 0.05) is 41.8 Å². The van der Waals surface area contributed by atoms with Crippen molar-refractivity contribution in [3.63, 3.8) is 0 Å². The summed E-state index contributed by atoms with van der Waals surface area (Å²) in [6.07, 6.45) is 2.72. The van der Waals surface area contributed by atoms with Gasteiger partial charge in [0.1, 0.15) is 0 Å². The molecular weight excluding hydrogens is 314 g/mol. The fourth-order valence-corrected chi connectivity index (χ4v) is 3.46. The number of benzene rings is 1. The van der Waals surface area contributed by atoms with Crippen LogP contribution >= 0.6 is 11.6 Å². The maximum atomic E-state index is 10.8. The number of hydrogen-bond donors (Lipinski definition) is 2. The number of rotatable bonds is 5. The minimum absolute atomic E-state index is 0.00795. The van der Waals surface area contributed by atoms with E-state index >= 15 is 0 Å². The highest BCUT2D eigenvalue weighted by Crippen LogP contribution is 2.27. The number of fused-ring (bicyclic) bond motifs is 1. The molecule has 0 saturated carbocycles. The highest BCUT2D eigenvalue weighted by Gasteiger charge is 2.33. The highest BCUT2D eigenvalue weighted by molar-refractivity contribution is 6.31. The van der Waals surface area contributed by atoms with Gasteiger partial charge < -0.3 is 10.4 Å². The van der Waals surface area contributed by atoms with Crippen LogP contribution in [0.2, 0.25) is 5.02 Å². The third-order valence-electron chi connectivity index (χ3n) is 4.36. The lowest BCUT2D eigenvalue weighted by atomic mass is 10.0. The van der Waals surface area contributed by atoms with Crippen molar-refractivity contribution in [2.75, 3.05) is 19.6 Å². The maximum Gasteiger partial charge on any atom is 0.317 e. The molecule has 1 aromatic carbocycles. The number of aromatic nitrogens is 1. The molecule has 5 nitrogen and oxygen atoms in total. The third kappa shape index (κ3) is 3.80. The molecular formula is C17H20ClN3O2. The standard InChI is InChI=1S/C17H20ClN3O2/c1-17(20-9-15(22)23)4-6-21(11-17)10-13-8-14(18)7-12-3-2-5-19-16(12)13/h2-3,5,7-8,20H,4,6,9-11H2,1H3,(H,22,23)/t17-/m0/s1. The van der Waals surface area contributed by atoms with Gasteiger partial charge in [-0.05, 0) is 37.1 Å². The van der Waals surface area contributed by atoms with Gasteiger partial charge >= 0.3 is 5.97 Å². The van der Waals surface area contributed by atoms with Gasteiger partial charge in [-0.1, -0.05) is 17.7 Å². The van der Waals surface area contributed by atoms with Crippen molar-refractivity contribution in [2.45, 2.75) is 25.4 Å². The Kier molecular flexibility index (Phi) is 4.53. The minimum Gasteiger partial charge on any atom is -0.480 e. The maximum absolute atomic E-state index is 10.8. The summed E-state index contributed by atoms with van der Waals surface area (Å²) in [5.41, 5.74) is 1.92. The number of aliphatic carboxylic acids is 1. The van der Waals surface area contributed by atoms with Crippen molar-refractivity contribution in [1.29, 1.82) is 0 Å². The molecule has 6 heteroatoms. The molecule has 1 aliphatic heterocycles. The van der Waals surface area contributed by atoms with Gasteiger partial charge in [0.2, 0.25) is 0 Å². The molecule has 122 valence electrons. The lowest BCUT2D eigenvalue weighted by molar-refractivity contribution is -0.136. The summed E-state index contributed by atoms with van der Waals surface area (Å²) in [4.78, 5) is 17.6. The van der Waals surface area contributed by atoms with Crippen LogP contribution in [0.1, 0.15) is 18.9 Å². The fourth-order valence-electron chi connectivity index (χ4n) is 3.21. The summed E-state index contributed by atoms with van der Waals surface area (Å²) < 4.78 is 0. The van der Waals surface area contributed by atoms with Gasteiger partial charge in [-0.3, -0.25) is 14.7 Å². The average molecular weight is 334 g/mol.